The SMILES string of the molecule is CCCNC(Cc1sccc1Br)c1ccc(C)c(OC)c1. The van der Waals surface area contributed by atoms with Crippen LogP contribution in [-0.2, 0) is 6.42 Å². The first kappa shape index (κ1) is 16.5. The Bertz CT molecular complexity index is 582. The highest BCUT2D eigenvalue weighted by Gasteiger charge is 2.15. The average molecular weight is 368 g/mol. The molecule has 0 saturated heterocycles. The molecule has 0 fully saturated rings. The average Bonchev–Trinajstić information content (AvgIpc) is 2.89. The van der Waals surface area contributed by atoms with Crippen LogP contribution in [0.4, 0.5) is 0 Å². The lowest BCUT2D eigenvalue weighted by atomic mass is 10.0. The van der Waals surface area contributed by atoms with Crippen molar-refractivity contribution in [2.24, 2.45) is 0 Å². The van der Waals surface area contributed by atoms with Crippen molar-refractivity contribution < 1.29 is 4.74 Å². The largest absolute Gasteiger partial charge is 0.496 e. The number of benzene rings is 1. The third-order valence-electron chi connectivity index (χ3n) is 3.56. The Balaban J connectivity index is 2.24. The number of nitrogens with one attached hydrogen (secondary N) is 1. The first-order valence-electron chi connectivity index (χ1n) is 7.25. The maximum Gasteiger partial charge on any atom is 0.122 e. The van der Waals surface area contributed by atoms with Gasteiger partial charge in [0.15, 0.2) is 0 Å². The van der Waals surface area contributed by atoms with E-state index in [4.69, 9.17) is 4.74 Å². The summed E-state index contributed by atoms with van der Waals surface area (Å²) in [5.41, 5.74) is 2.46. The monoisotopic (exact) mass is 367 g/mol. The maximum absolute atomic E-state index is 5.46. The molecule has 0 aliphatic carbocycles. The molecule has 0 amide bonds. The van der Waals surface area contributed by atoms with Crippen molar-refractivity contribution in [1.29, 1.82) is 0 Å². The lowest BCUT2D eigenvalue weighted by Crippen LogP contribution is -2.24. The number of thiophene rings is 1. The van der Waals surface area contributed by atoms with E-state index in [0.717, 1.165) is 25.1 Å². The molecule has 2 nitrogen and oxygen atoms in total. The van der Waals surface area contributed by atoms with Crippen LogP contribution in [0.25, 0.3) is 0 Å². The molecule has 2 rings (SSSR count). The van der Waals surface area contributed by atoms with Crippen molar-refractivity contribution in [1.82, 2.24) is 5.32 Å². The number of hydrogen-bond acceptors (Lipinski definition) is 3. The normalized spacial score (nSPS) is 12.4. The van der Waals surface area contributed by atoms with Gasteiger partial charge >= 0.3 is 0 Å². The Hall–Kier alpha value is -0.840. The van der Waals surface area contributed by atoms with Crippen molar-refractivity contribution in [3.63, 3.8) is 0 Å². The summed E-state index contributed by atoms with van der Waals surface area (Å²) < 4.78 is 6.67. The van der Waals surface area contributed by atoms with E-state index in [1.165, 1.54) is 20.5 Å². The highest BCUT2D eigenvalue weighted by molar-refractivity contribution is 9.10. The van der Waals surface area contributed by atoms with Gasteiger partial charge in [-0.3, -0.25) is 0 Å². The fourth-order valence-corrected chi connectivity index (χ4v) is 3.90. The standard InChI is InChI=1S/C17H22BrNOS/c1-4-8-19-15(11-17-14(18)7-9-21-17)13-6-5-12(2)16(10-13)20-3/h5-7,9-10,15,19H,4,8,11H2,1-3H3. The second-order valence-corrected chi connectivity index (χ2v) is 6.99. The molecule has 0 spiro atoms. The minimum absolute atomic E-state index is 0.314. The quantitative estimate of drug-likeness (QED) is 0.733. The fourth-order valence-electron chi connectivity index (χ4n) is 2.34. The molecule has 0 aliphatic heterocycles. The van der Waals surface area contributed by atoms with Crippen molar-refractivity contribution in [2.45, 2.75) is 32.7 Å². The Morgan fingerprint density at radius 3 is 2.76 bits per heavy atom. The maximum atomic E-state index is 5.46. The van der Waals surface area contributed by atoms with E-state index in [1.807, 2.05) is 0 Å². The molecule has 4 heteroatoms. The van der Waals surface area contributed by atoms with Gasteiger partial charge in [0.25, 0.3) is 0 Å². The summed E-state index contributed by atoms with van der Waals surface area (Å²) in [5, 5.41) is 5.78. The van der Waals surface area contributed by atoms with Crippen molar-refractivity contribution in [3.8, 4) is 5.75 Å². The van der Waals surface area contributed by atoms with Crippen LogP contribution in [-0.4, -0.2) is 13.7 Å². The van der Waals surface area contributed by atoms with Gasteiger partial charge in [-0.2, -0.15) is 0 Å². The van der Waals surface area contributed by atoms with Crippen molar-refractivity contribution >= 4 is 27.3 Å². The second kappa shape index (κ2) is 7.97. The van der Waals surface area contributed by atoms with E-state index in [2.05, 4.69) is 64.7 Å². The number of hydrogen-bond donors (Lipinski definition) is 1. The second-order valence-electron chi connectivity index (χ2n) is 5.13. The van der Waals surface area contributed by atoms with E-state index in [0.29, 0.717) is 6.04 Å². The summed E-state index contributed by atoms with van der Waals surface area (Å²) in [6, 6.07) is 8.93. The summed E-state index contributed by atoms with van der Waals surface area (Å²) >= 11 is 5.43. The molecule has 0 radical (unpaired) electrons. The zero-order valence-electron chi connectivity index (χ0n) is 12.8. The fraction of sp³-hybridized carbons (Fsp3) is 0.412. The summed E-state index contributed by atoms with van der Waals surface area (Å²) in [7, 11) is 1.73. The molecule has 0 aliphatic rings. The van der Waals surface area contributed by atoms with Crippen LogP contribution in [0.1, 0.15) is 35.4 Å². The molecule has 1 unspecified atom stereocenters. The molecule has 1 heterocycles. The highest BCUT2D eigenvalue weighted by Crippen LogP contribution is 2.30. The van der Waals surface area contributed by atoms with Gasteiger partial charge in [0.05, 0.1) is 7.11 Å². The number of ether oxygens (including phenoxy) is 1. The number of halogens is 1. The van der Waals surface area contributed by atoms with Crippen molar-refractivity contribution in [2.75, 3.05) is 13.7 Å². The van der Waals surface area contributed by atoms with E-state index >= 15 is 0 Å². The summed E-state index contributed by atoms with van der Waals surface area (Å²) in [5.74, 6) is 0.959. The first-order chi connectivity index (χ1) is 10.2. The van der Waals surface area contributed by atoms with Gasteiger partial charge in [-0.1, -0.05) is 19.1 Å². The van der Waals surface area contributed by atoms with Gasteiger partial charge < -0.3 is 10.1 Å². The van der Waals surface area contributed by atoms with E-state index < -0.39 is 0 Å². The Morgan fingerprint density at radius 1 is 1.33 bits per heavy atom. The zero-order chi connectivity index (χ0) is 15.2. The van der Waals surface area contributed by atoms with Crippen LogP contribution in [0.3, 0.4) is 0 Å². The van der Waals surface area contributed by atoms with Crippen LogP contribution in [0, 0.1) is 6.92 Å². The number of methoxy groups -OCH3 is 1. The predicted molar refractivity (Wildman–Crippen MR) is 94.5 cm³/mol. The Morgan fingerprint density at radius 2 is 2.14 bits per heavy atom. The molecule has 1 aromatic heterocycles. The van der Waals surface area contributed by atoms with Gasteiger partial charge in [0.1, 0.15) is 5.75 Å². The molecule has 21 heavy (non-hydrogen) atoms. The smallest absolute Gasteiger partial charge is 0.122 e. The highest BCUT2D eigenvalue weighted by atomic mass is 79.9. The molecule has 1 atom stereocenters. The third kappa shape index (κ3) is 4.31. The molecule has 1 N–H and O–H groups in total. The summed E-state index contributed by atoms with van der Waals surface area (Å²) in [6.45, 7) is 5.29. The lowest BCUT2D eigenvalue weighted by Gasteiger charge is -2.20. The van der Waals surface area contributed by atoms with Gasteiger partial charge in [-0.25, -0.2) is 0 Å². The Labute approximate surface area is 139 Å². The first-order valence-corrected chi connectivity index (χ1v) is 8.92. The molecule has 0 saturated carbocycles. The summed E-state index contributed by atoms with van der Waals surface area (Å²) in [4.78, 5) is 1.38. The van der Waals surface area contributed by atoms with Crippen LogP contribution < -0.4 is 10.1 Å². The van der Waals surface area contributed by atoms with Crippen LogP contribution >= 0.6 is 27.3 Å². The molecule has 0 bridgehead atoms. The van der Waals surface area contributed by atoms with Gasteiger partial charge in [-0.05, 0) is 64.5 Å². The minimum Gasteiger partial charge on any atom is -0.496 e. The van der Waals surface area contributed by atoms with E-state index in [9.17, 15) is 0 Å². The zero-order valence-corrected chi connectivity index (χ0v) is 15.2. The summed E-state index contributed by atoms with van der Waals surface area (Å²) in [6.07, 6.45) is 2.12. The van der Waals surface area contributed by atoms with Gasteiger partial charge in [0.2, 0.25) is 0 Å². The van der Waals surface area contributed by atoms with E-state index in [-0.39, 0.29) is 0 Å². The van der Waals surface area contributed by atoms with Crippen LogP contribution in [0.15, 0.2) is 34.1 Å². The lowest BCUT2D eigenvalue weighted by molar-refractivity contribution is 0.409. The van der Waals surface area contributed by atoms with Gasteiger partial charge in [0, 0.05) is 21.8 Å². The third-order valence-corrected chi connectivity index (χ3v) is 5.50. The van der Waals surface area contributed by atoms with Gasteiger partial charge in [-0.15, -0.1) is 11.3 Å². The van der Waals surface area contributed by atoms with Crippen molar-refractivity contribution in [3.05, 3.63) is 50.1 Å². The Kier molecular flexibility index (Phi) is 6.27. The molecular formula is C17H22BrNOS. The van der Waals surface area contributed by atoms with E-state index in [1.54, 1.807) is 18.4 Å². The number of aryl methyl sites for hydroxylation is 1. The molecule has 1 aromatic carbocycles. The topological polar surface area (TPSA) is 21.3 Å². The minimum atomic E-state index is 0.314. The molecule has 2 aromatic rings. The molecule has 114 valence electrons. The molecular weight excluding hydrogens is 346 g/mol. The van der Waals surface area contributed by atoms with Crippen LogP contribution in [0.2, 0.25) is 0 Å². The predicted octanol–water partition coefficient (Wildman–Crippen LogP) is 5.11. The van der Waals surface area contributed by atoms with Crippen LogP contribution in [0.5, 0.6) is 5.75 Å². The number of rotatable bonds is 7.